The molecule has 0 saturated carbocycles. The van der Waals surface area contributed by atoms with Gasteiger partial charge in [-0.05, 0) is 38.8 Å². The van der Waals surface area contributed by atoms with Crippen LogP contribution in [0.4, 0.5) is 0 Å². The molecule has 1 aliphatic heterocycles. The van der Waals surface area contributed by atoms with Crippen molar-refractivity contribution in [2.45, 2.75) is 39.2 Å². The summed E-state index contributed by atoms with van der Waals surface area (Å²) in [6, 6.07) is 4.13. The van der Waals surface area contributed by atoms with E-state index in [2.05, 4.69) is 5.32 Å². The van der Waals surface area contributed by atoms with E-state index in [1.807, 2.05) is 26.0 Å². The molecular weight excluding hydrogens is 230 g/mol. The lowest BCUT2D eigenvalue weighted by atomic mass is 10.1. The molecule has 100 valence electrons. The van der Waals surface area contributed by atoms with Crippen LogP contribution in [0.15, 0.2) is 16.5 Å². The summed E-state index contributed by atoms with van der Waals surface area (Å²) in [5.74, 6) is 2.08. The second-order valence-corrected chi connectivity index (χ2v) is 5.02. The molecule has 0 aliphatic carbocycles. The number of aryl methyl sites for hydroxylation is 2. The van der Waals surface area contributed by atoms with Crippen LogP contribution in [0.5, 0.6) is 0 Å². The molecule has 1 fully saturated rings. The van der Waals surface area contributed by atoms with Gasteiger partial charge in [0.05, 0.1) is 12.5 Å². The molecule has 4 heteroatoms. The molecule has 1 aromatic rings. The fourth-order valence-corrected chi connectivity index (χ4v) is 2.15. The highest BCUT2D eigenvalue weighted by molar-refractivity contribution is 5.79. The summed E-state index contributed by atoms with van der Waals surface area (Å²) in [5, 5.41) is 3.04. The Kier molecular flexibility index (Phi) is 4.42. The summed E-state index contributed by atoms with van der Waals surface area (Å²) < 4.78 is 10.7. The molecule has 18 heavy (non-hydrogen) atoms. The monoisotopic (exact) mass is 251 g/mol. The maximum absolute atomic E-state index is 11.9. The van der Waals surface area contributed by atoms with Crippen molar-refractivity contribution < 1.29 is 13.9 Å². The van der Waals surface area contributed by atoms with Gasteiger partial charge in [-0.2, -0.15) is 0 Å². The Balaban J connectivity index is 1.71. The minimum absolute atomic E-state index is 0.0401. The van der Waals surface area contributed by atoms with Gasteiger partial charge in [0.15, 0.2) is 0 Å². The number of furan rings is 1. The lowest BCUT2D eigenvalue weighted by molar-refractivity contribution is -0.125. The summed E-state index contributed by atoms with van der Waals surface area (Å²) in [6.07, 6.45) is 2.60. The Morgan fingerprint density at radius 1 is 1.56 bits per heavy atom. The molecule has 2 rings (SSSR count). The van der Waals surface area contributed by atoms with Crippen molar-refractivity contribution in [2.75, 3.05) is 13.2 Å². The van der Waals surface area contributed by atoms with Crippen molar-refractivity contribution in [3.8, 4) is 0 Å². The van der Waals surface area contributed by atoms with E-state index >= 15 is 0 Å². The molecule has 0 aromatic carbocycles. The van der Waals surface area contributed by atoms with Gasteiger partial charge < -0.3 is 14.5 Å². The maximum Gasteiger partial charge on any atom is 0.225 e. The molecule has 1 amide bonds. The van der Waals surface area contributed by atoms with E-state index in [0.717, 1.165) is 30.8 Å². The molecule has 0 radical (unpaired) electrons. The highest BCUT2D eigenvalue weighted by Gasteiger charge is 2.24. The molecular formula is C14H21NO3. The number of carbonyl (C=O) groups excluding carboxylic acids is 1. The molecule has 2 heterocycles. The van der Waals surface area contributed by atoms with E-state index in [9.17, 15) is 4.79 Å². The van der Waals surface area contributed by atoms with Crippen molar-refractivity contribution >= 4 is 5.91 Å². The predicted octanol–water partition coefficient (Wildman–Crippen LogP) is 2.06. The Morgan fingerprint density at radius 2 is 2.39 bits per heavy atom. The number of hydrogen-bond donors (Lipinski definition) is 1. The lowest BCUT2D eigenvalue weighted by Crippen LogP contribution is -2.37. The van der Waals surface area contributed by atoms with Gasteiger partial charge in [0.25, 0.3) is 0 Å². The van der Waals surface area contributed by atoms with Crippen LogP contribution in [-0.4, -0.2) is 25.2 Å². The number of hydrogen-bond acceptors (Lipinski definition) is 3. The predicted molar refractivity (Wildman–Crippen MR) is 68.3 cm³/mol. The normalized spacial score (nSPS) is 20.9. The highest BCUT2D eigenvalue weighted by Crippen LogP contribution is 2.13. The summed E-state index contributed by atoms with van der Waals surface area (Å²) in [6.45, 7) is 5.24. The van der Waals surface area contributed by atoms with Gasteiger partial charge in [-0.1, -0.05) is 0 Å². The van der Waals surface area contributed by atoms with Crippen LogP contribution in [0.3, 0.4) is 0 Å². The Hall–Kier alpha value is -1.29. The SMILES string of the molecule is Cc1ccc(CC[C@H](C)NC(=O)[C@@H]2CCOC2)o1. The average molecular weight is 251 g/mol. The maximum atomic E-state index is 11.9. The van der Waals surface area contributed by atoms with Gasteiger partial charge in [0.1, 0.15) is 11.5 Å². The summed E-state index contributed by atoms with van der Waals surface area (Å²) in [7, 11) is 0. The fourth-order valence-electron chi connectivity index (χ4n) is 2.15. The third-order valence-electron chi connectivity index (χ3n) is 3.31. The van der Waals surface area contributed by atoms with E-state index < -0.39 is 0 Å². The molecule has 2 atom stereocenters. The van der Waals surface area contributed by atoms with Crippen LogP contribution < -0.4 is 5.32 Å². The summed E-state index contributed by atoms with van der Waals surface area (Å²) >= 11 is 0. The molecule has 1 aromatic heterocycles. The first-order chi connectivity index (χ1) is 8.65. The van der Waals surface area contributed by atoms with Crippen molar-refractivity contribution in [1.29, 1.82) is 0 Å². The molecule has 4 nitrogen and oxygen atoms in total. The van der Waals surface area contributed by atoms with E-state index in [1.165, 1.54) is 0 Å². The Bertz CT molecular complexity index is 393. The Morgan fingerprint density at radius 3 is 3.00 bits per heavy atom. The molecule has 1 N–H and O–H groups in total. The van der Waals surface area contributed by atoms with Crippen molar-refractivity contribution in [1.82, 2.24) is 5.32 Å². The number of carbonyl (C=O) groups is 1. The van der Waals surface area contributed by atoms with Crippen LogP contribution in [0.1, 0.15) is 31.3 Å². The van der Waals surface area contributed by atoms with Gasteiger partial charge in [-0.3, -0.25) is 4.79 Å². The van der Waals surface area contributed by atoms with Crippen molar-refractivity contribution in [2.24, 2.45) is 5.92 Å². The van der Waals surface area contributed by atoms with Gasteiger partial charge in [-0.25, -0.2) is 0 Å². The van der Waals surface area contributed by atoms with Gasteiger partial charge in [0.2, 0.25) is 5.91 Å². The summed E-state index contributed by atoms with van der Waals surface area (Å²) in [5.41, 5.74) is 0. The average Bonchev–Trinajstić information content (AvgIpc) is 2.97. The van der Waals surface area contributed by atoms with Gasteiger partial charge in [0, 0.05) is 19.1 Å². The zero-order valence-corrected chi connectivity index (χ0v) is 11.1. The lowest BCUT2D eigenvalue weighted by Gasteiger charge is -2.15. The number of nitrogens with one attached hydrogen (secondary N) is 1. The quantitative estimate of drug-likeness (QED) is 0.871. The zero-order chi connectivity index (χ0) is 13.0. The topological polar surface area (TPSA) is 51.5 Å². The van der Waals surface area contributed by atoms with E-state index in [0.29, 0.717) is 13.2 Å². The first-order valence-corrected chi connectivity index (χ1v) is 6.58. The number of ether oxygens (including phenoxy) is 1. The number of amides is 1. The minimum Gasteiger partial charge on any atom is -0.466 e. The van der Waals surface area contributed by atoms with Crippen LogP contribution >= 0.6 is 0 Å². The smallest absolute Gasteiger partial charge is 0.225 e. The molecule has 0 bridgehead atoms. The van der Waals surface area contributed by atoms with Crippen LogP contribution in [-0.2, 0) is 16.0 Å². The Labute approximate surface area is 108 Å². The molecule has 1 aliphatic rings. The second-order valence-electron chi connectivity index (χ2n) is 5.02. The minimum atomic E-state index is 0.0401. The highest BCUT2D eigenvalue weighted by atomic mass is 16.5. The standard InChI is InChI=1S/C14H21NO3/c1-10(3-5-13-6-4-11(2)18-13)15-14(16)12-7-8-17-9-12/h4,6,10,12H,3,5,7-9H2,1-2H3,(H,15,16)/t10-,12+/m0/s1. The van der Waals surface area contributed by atoms with Gasteiger partial charge >= 0.3 is 0 Å². The van der Waals surface area contributed by atoms with E-state index in [-0.39, 0.29) is 17.9 Å². The first kappa shape index (κ1) is 13.1. The third-order valence-corrected chi connectivity index (χ3v) is 3.31. The largest absolute Gasteiger partial charge is 0.466 e. The molecule has 0 spiro atoms. The van der Waals surface area contributed by atoms with Crippen molar-refractivity contribution in [3.63, 3.8) is 0 Å². The van der Waals surface area contributed by atoms with E-state index in [4.69, 9.17) is 9.15 Å². The molecule has 1 saturated heterocycles. The third kappa shape index (κ3) is 3.60. The second kappa shape index (κ2) is 6.05. The fraction of sp³-hybridized carbons (Fsp3) is 0.643. The summed E-state index contributed by atoms with van der Waals surface area (Å²) in [4.78, 5) is 11.9. The molecule has 0 unspecified atom stereocenters. The first-order valence-electron chi connectivity index (χ1n) is 6.58. The van der Waals surface area contributed by atoms with Crippen molar-refractivity contribution in [3.05, 3.63) is 23.7 Å². The van der Waals surface area contributed by atoms with Gasteiger partial charge in [-0.15, -0.1) is 0 Å². The van der Waals surface area contributed by atoms with E-state index in [1.54, 1.807) is 0 Å². The zero-order valence-electron chi connectivity index (χ0n) is 11.1. The number of rotatable bonds is 5. The van der Waals surface area contributed by atoms with Crippen LogP contribution in [0.25, 0.3) is 0 Å². The van der Waals surface area contributed by atoms with Crippen LogP contribution in [0.2, 0.25) is 0 Å². The van der Waals surface area contributed by atoms with Crippen LogP contribution in [0, 0.1) is 12.8 Å².